The van der Waals surface area contributed by atoms with Crippen molar-refractivity contribution in [1.29, 1.82) is 0 Å². The van der Waals surface area contributed by atoms with Crippen LogP contribution in [-0.2, 0) is 0 Å². The molecule has 0 aliphatic rings. The van der Waals surface area contributed by atoms with Gasteiger partial charge in [0.25, 0.3) is 0 Å². The van der Waals surface area contributed by atoms with Gasteiger partial charge in [-0.2, -0.15) is 0 Å². The van der Waals surface area contributed by atoms with Crippen LogP contribution in [0, 0.1) is 13.8 Å². The molecule has 16 heavy (non-hydrogen) atoms. The maximum Gasteiger partial charge on any atom is 0.0741 e. The third-order valence-corrected chi connectivity index (χ3v) is 3.18. The van der Waals surface area contributed by atoms with Gasteiger partial charge in [-0.05, 0) is 37.1 Å². The van der Waals surface area contributed by atoms with E-state index in [9.17, 15) is 0 Å². The van der Waals surface area contributed by atoms with Crippen molar-refractivity contribution < 1.29 is 0 Å². The van der Waals surface area contributed by atoms with Crippen LogP contribution in [0.25, 0.3) is 21.8 Å². The molecule has 0 atom stereocenters. The van der Waals surface area contributed by atoms with Gasteiger partial charge in [0.05, 0.1) is 11.0 Å². The molecule has 2 aromatic heterocycles. The zero-order chi connectivity index (χ0) is 11.1. The Morgan fingerprint density at radius 3 is 1.62 bits per heavy atom. The van der Waals surface area contributed by atoms with Crippen LogP contribution < -0.4 is 0 Å². The first kappa shape index (κ1) is 9.28. The molecule has 2 heterocycles. The lowest BCUT2D eigenvalue weighted by atomic mass is 10.00. The summed E-state index contributed by atoms with van der Waals surface area (Å²) in [6.07, 6.45) is 3.69. The molecule has 0 N–H and O–H groups in total. The molecule has 2 nitrogen and oxygen atoms in total. The monoisotopic (exact) mass is 208 g/mol. The van der Waals surface area contributed by atoms with E-state index >= 15 is 0 Å². The van der Waals surface area contributed by atoms with Gasteiger partial charge in [-0.15, -0.1) is 0 Å². The molecule has 0 fully saturated rings. The van der Waals surface area contributed by atoms with E-state index in [4.69, 9.17) is 0 Å². The molecule has 3 rings (SSSR count). The lowest BCUT2D eigenvalue weighted by Gasteiger charge is -2.09. The summed E-state index contributed by atoms with van der Waals surface area (Å²) in [5, 5.41) is 2.38. The average Bonchev–Trinajstić information content (AvgIpc) is 2.36. The highest BCUT2D eigenvalue weighted by atomic mass is 14.7. The standard InChI is InChI=1S/C14H12N2/c1-9-10(2)14-12(6-4-8-16-14)11-5-3-7-15-13(9)11/h3-8H,1-2H3. The second-order valence-electron chi connectivity index (χ2n) is 4.05. The van der Waals surface area contributed by atoms with E-state index < -0.39 is 0 Å². The van der Waals surface area contributed by atoms with E-state index in [2.05, 4.69) is 35.9 Å². The van der Waals surface area contributed by atoms with Gasteiger partial charge in [-0.1, -0.05) is 12.1 Å². The fraction of sp³-hybridized carbons (Fsp3) is 0.143. The summed E-state index contributed by atoms with van der Waals surface area (Å²) in [6, 6.07) is 8.17. The minimum atomic E-state index is 1.08. The Hall–Kier alpha value is -1.96. The number of hydrogen-bond donors (Lipinski definition) is 0. The van der Waals surface area contributed by atoms with E-state index in [1.807, 2.05) is 24.5 Å². The van der Waals surface area contributed by atoms with Crippen LogP contribution in [-0.4, -0.2) is 9.97 Å². The number of pyridine rings is 2. The molecule has 0 aliphatic carbocycles. The SMILES string of the molecule is Cc1c(C)c2ncccc2c2cccnc12. The first-order chi connectivity index (χ1) is 7.79. The Morgan fingerprint density at radius 2 is 1.19 bits per heavy atom. The predicted molar refractivity (Wildman–Crippen MR) is 66.5 cm³/mol. The lowest BCUT2D eigenvalue weighted by Crippen LogP contribution is -1.92. The van der Waals surface area contributed by atoms with E-state index in [0.29, 0.717) is 0 Å². The van der Waals surface area contributed by atoms with E-state index in [1.54, 1.807) is 0 Å². The van der Waals surface area contributed by atoms with Gasteiger partial charge in [0.15, 0.2) is 0 Å². The molecule has 0 aliphatic heterocycles. The first-order valence-corrected chi connectivity index (χ1v) is 5.37. The number of fused-ring (bicyclic) bond motifs is 3. The molecule has 0 spiro atoms. The van der Waals surface area contributed by atoms with Gasteiger partial charge in [-0.3, -0.25) is 9.97 Å². The van der Waals surface area contributed by atoms with Crippen LogP contribution in [0.2, 0.25) is 0 Å². The molecule has 0 bridgehead atoms. The quantitative estimate of drug-likeness (QED) is 0.529. The number of rotatable bonds is 0. The van der Waals surface area contributed by atoms with Crippen LogP contribution in [0.4, 0.5) is 0 Å². The van der Waals surface area contributed by atoms with Gasteiger partial charge >= 0.3 is 0 Å². The van der Waals surface area contributed by atoms with Crippen LogP contribution in [0.5, 0.6) is 0 Å². The molecule has 0 radical (unpaired) electrons. The molecular weight excluding hydrogens is 196 g/mol. The Bertz CT molecular complexity index is 626. The molecule has 0 unspecified atom stereocenters. The second kappa shape index (κ2) is 3.27. The summed E-state index contributed by atoms with van der Waals surface area (Å²) in [4.78, 5) is 8.93. The fourth-order valence-corrected chi connectivity index (χ4v) is 2.20. The zero-order valence-electron chi connectivity index (χ0n) is 9.36. The normalized spacial score (nSPS) is 11.1. The third-order valence-electron chi connectivity index (χ3n) is 3.18. The Balaban J connectivity index is 2.69. The van der Waals surface area contributed by atoms with E-state index in [-0.39, 0.29) is 0 Å². The van der Waals surface area contributed by atoms with Gasteiger partial charge in [0, 0.05) is 23.2 Å². The number of aryl methyl sites for hydroxylation is 2. The van der Waals surface area contributed by atoms with Crippen molar-refractivity contribution in [3.63, 3.8) is 0 Å². The van der Waals surface area contributed by atoms with Crippen molar-refractivity contribution in [2.75, 3.05) is 0 Å². The number of hydrogen-bond acceptors (Lipinski definition) is 2. The smallest absolute Gasteiger partial charge is 0.0741 e. The number of nitrogens with zero attached hydrogens (tertiary/aromatic N) is 2. The van der Waals surface area contributed by atoms with Crippen molar-refractivity contribution in [3.05, 3.63) is 47.8 Å². The summed E-state index contributed by atoms with van der Waals surface area (Å²) in [5.41, 5.74) is 4.62. The average molecular weight is 208 g/mol. The summed E-state index contributed by atoms with van der Waals surface area (Å²) >= 11 is 0. The maximum absolute atomic E-state index is 4.46. The lowest BCUT2D eigenvalue weighted by molar-refractivity contribution is 1.30. The number of benzene rings is 1. The molecule has 3 aromatic rings. The van der Waals surface area contributed by atoms with Gasteiger partial charge < -0.3 is 0 Å². The van der Waals surface area contributed by atoms with Crippen molar-refractivity contribution in [1.82, 2.24) is 9.97 Å². The third kappa shape index (κ3) is 1.13. The highest BCUT2D eigenvalue weighted by Gasteiger charge is 2.08. The highest BCUT2D eigenvalue weighted by molar-refractivity contribution is 6.07. The summed E-state index contributed by atoms with van der Waals surface area (Å²) in [5.74, 6) is 0. The van der Waals surface area contributed by atoms with Crippen LogP contribution in [0.1, 0.15) is 11.1 Å². The summed E-state index contributed by atoms with van der Waals surface area (Å²) in [7, 11) is 0. The van der Waals surface area contributed by atoms with E-state index in [1.165, 1.54) is 21.9 Å². The largest absolute Gasteiger partial charge is 0.256 e. The Kier molecular flexibility index (Phi) is 1.90. The van der Waals surface area contributed by atoms with Crippen molar-refractivity contribution in [2.45, 2.75) is 13.8 Å². The minimum Gasteiger partial charge on any atom is -0.256 e. The Morgan fingerprint density at radius 1 is 0.750 bits per heavy atom. The van der Waals surface area contributed by atoms with Crippen LogP contribution in [0.3, 0.4) is 0 Å². The minimum absolute atomic E-state index is 1.08. The first-order valence-electron chi connectivity index (χ1n) is 5.37. The van der Waals surface area contributed by atoms with Crippen molar-refractivity contribution >= 4 is 21.8 Å². The summed E-state index contributed by atoms with van der Waals surface area (Å²) < 4.78 is 0. The van der Waals surface area contributed by atoms with Gasteiger partial charge in [0.2, 0.25) is 0 Å². The summed E-state index contributed by atoms with van der Waals surface area (Å²) in [6.45, 7) is 4.22. The molecule has 0 saturated heterocycles. The molecular formula is C14H12N2. The zero-order valence-corrected chi connectivity index (χ0v) is 9.36. The molecule has 0 saturated carbocycles. The van der Waals surface area contributed by atoms with Crippen LogP contribution >= 0.6 is 0 Å². The highest BCUT2D eigenvalue weighted by Crippen LogP contribution is 2.28. The van der Waals surface area contributed by atoms with Gasteiger partial charge in [0.1, 0.15) is 0 Å². The number of aromatic nitrogens is 2. The molecule has 1 aromatic carbocycles. The molecule has 0 amide bonds. The second-order valence-corrected chi connectivity index (χ2v) is 4.05. The fourth-order valence-electron chi connectivity index (χ4n) is 2.20. The topological polar surface area (TPSA) is 25.8 Å². The molecule has 78 valence electrons. The molecule has 2 heteroatoms. The van der Waals surface area contributed by atoms with Crippen molar-refractivity contribution in [3.8, 4) is 0 Å². The predicted octanol–water partition coefficient (Wildman–Crippen LogP) is 3.40. The maximum atomic E-state index is 4.46. The van der Waals surface area contributed by atoms with Gasteiger partial charge in [-0.25, -0.2) is 0 Å². The Labute approximate surface area is 94.0 Å². The van der Waals surface area contributed by atoms with Crippen molar-refractivity contribution in [2.24, 2.45) is 0 Å². The van der Waals surface area contributed by atoms with Crippen LogP contribution in [0.15, 0.2) is 36.7 Å². The van der Waals surface area contributed by atoms with E-state index in [0.717, 1.165) is 11.0 Å².